The zero-order valence-electron chi connectivity index (χ0n) is 2.97. The van der Waals surface area contributed by atoms with Crippen LogP contribution in [0.25, 0.3) is 0 Å². The van der Waals surface area contributed by atoms with Crippen LogP contribution in [0.1, 0.15) is 6.92 Å². The molecular formula is C2H5NOS. The number of hydrogen-bond acceptors (Lipinski definition) is 2. The van der Waals surface area contributed by atoms with Crippen molar-refractivity contribution in [2.24, 2.45) is 0 Å². The maximum atomic E-state index is 7.53. The molecule has 5 heavy (non-hydrogen) atoms. The number of hydrogen-bond donors (Lipinski definition) is 0. The minimum Gasteiger partial charge on any atom is -0.191 e. The highest BCUT2D eigenvalue weighted by Gasteiger charge is 1.70. The third kappa shape index (κ3) is 4.27. The summed E-state index contributed by atoms with van der Waals surface area (Å²) in [5, 5.41) is 0. The van der Waals surface area contributed by atoms with Crippen molar-refractivity contribution in [3.63, 3.8) is 0 Å². The van der Waals surface area contributed by atoms with Crippen LogP contribution >= 0.6 is 12.0 Å². The van der Waals surface area contributed by atoms with Gasteiger partial charge in [0.1, 0.15) is 0 Å². The second-order valence-corrected chi connectivity index (χ2v) is 1.44. The lowest BCUT2D eigenvalue weighted by Crippen LogP contribution is -1.69. The quantitative estimate of drug-likeness (QED) is 0.369. The van der Waals surface area contributed by atoms with Gasteiger partial charge in [-0.2, -0.15) is 4.28 Å². The van der Waals surface area contributed by atoms with Gasteiger partial charge in [-0.25, -0.2) is 0 Å². The van der Waals surface area contributed by atoms with Gasteiger partial charge in [-0.3, -0.25) is 0 Å². The highest BCUT2D eigenvalue weighted by Crippen LogP contribution is 1.92. The Morgan fingerprint density at radius 3 is 2.60 bits per heavy atom. The zero-order chi connectivity index (χ0) is 4.12. The molecule has 3 heteroatoms. The van der Waals surface area contributed by atoms with Gasteiger partial charge in [0, 0.05) is 17.8 Å². The van der Waals surface area contributed by atoms with Crippen LogP contribution in [0, 0.1) is 0 Å². The van der Waals surface area contributed by atoms with Gasteiger partial charge in [0.25, 0.3) is 0 Å². The lowest BCUT2D eigenvalue weighted by molar-refractivity contribution is 0.369. The minimum absolute atomic E-state index is 0.788. The fourth-order valence-electron chi connectivity index (χ4n) is 0.0527. The van der Waals surface area contributed by atoms with Crippen molar-refractivity contribution in [2.45, 2.75) is 6.92 Å². The van der Waals surface area contributed by atoms with Gasteiger partial charge < -0.3 is 0 Å². The van der Waals surface area contributed by atoms with Crippen molar-refractivity contribution in [1.29, 1.82) is 0 Å². The van der Waals surface area contributed by atoms with Crippen LogP contribution in [-0.4, -0.2) is 5.75 Å². The van der Waals surface area contributed by atoms with Crippen LogP contribution in [0.3, 0.4) is 0 Å². The van der Waals surface area contributed by atoms with E-state index in [2.05, 4.69) is 4.28 Å². The van der Waals surface area contributed by atoms with Crippen LogP contribution in [-0.2, 0) is 4.28 Å². The Morgan fingerprint density at radius 2 is 2.60 bits per heavy atom. The van der Waals surface area contributed by atoms with Gasteiger partial charge in [0.15, 0.2) is 0 Å². The van der Waals surface area contributed by atoms with Crippen molar-refractivity contribution >= 4 is 12.0 Å². The lowest BCUT2D eigenvalue weighted by atomic mass is 11.0. The smallest absolute Gasteiger partial charge is 0.0543 e. The Balaban J connectivity index is 2.19. The van der Waals surface area contributed by atoms with Crippen LogP contribution in [0.15, 0.2) is 0 Å². The van der Waals surface area contributed by atoms with Crippen LogP contribution in [0.4, 0.5) is 0 Å². The molecule has 0 N–H and O–H groups in total. The fraction of sp³-hybridized carbons (Fsp3) is 1.00. The van der Waals surface area contributed by atoms with E-state index in [1.807, 2.05) is 6.92 Å². The maximum absolute atomic E-state index is 7.53. The Morgan fingerprint density at radius 1 is 2.00 bits per heavy atom. The average Bonchev–Trinajstić information content (AvgIpc) is 1.41. The number of rotatable bonds is 2. The molecule has 0 aliphatic rings. The molecule has 0 spiro atoms. The first-order valence-electron chi connectivity index (χ1n) is 1.35. The summed E-state index contributed by atoms with van der Waals surface area (Å²) in [6, 6.07) is 0. The van der Waals surface area contributed by atoms with Gasteiger partial charge >= 0.3 is 0 Å². The normalized spacial score (nSPS) is 8.40. The molecule has 0 aliphatic carbocycles. The summed E-state index contributed by atoms with van der Waals surface area (Å²) in [5.74, 6) is 8.32. The summed E-state index contributed by atoms with van der Waals surface area (Å²) in [5.41, 5.74) is 0. The summed E-state index contributed by atoms with van der Waals surface area (Å²) in [4.78, 5) is 0. The first-order valence-corrected chi connectivity index (χ1v) is 2.26. The molecule has 0 unspecified atom stereocenters. The topological polar surface area (TPSA) is 31.5 Å². The third-order valence-corrected chi connectivity index (χ3v) is 0.512. The molecule has 0 fully saturated rings. The van der Waals surface area contributed by atoms with E-state index in [1.165, 1.54) is 0 Å². The van der Waals surface area contributed by atoms with Crippen LogP contribution in [0.5, 0.6) is 0 Å². The van der Waals surface area contributed by atoms with Crippen molar-refractivity contribution in [1.82, 2.24) is 5.90 Å². The fourth-order valence-corrected chi connectivity index (χ4v) is 0.158. The van der Waals surface area contributed by atoms with Crippen molar-refractivity contribution in [3.05, 3.63) is 0 Å². The van der Waals surface area contributed by atoms with E-state index < -0.39 is 0 Å². The van der Waals surface area contributed by atoms with Crippen LogP contribution in [0.2, 0.25) is 0 Å². The highest BCUT2D eigenvalue weighted by atomic mass is 32.2. The van der Waals surface area contributed by atoms with Crippen LogP contribution < -0.4 is 5.90 Å². The molecule has 30 valence electrons. The zero-order valence-corrected chi connectivity index (χ0v) is 3.79. The van der Waals surface area contributed by atoms with Gasteiger partial charge in [-0.15, -0.1) is 0 Å². The Kier molecular flexibility index (Phi) is 4.50. The van der Waals surface area contributed by atoms with E-state index in [0.29, 0.717) is 0 Å². The minimum atomic E-state index is 0.788. The van der Waals surface area contributed by atoms with Gasteiger partial charge in [0.05, 0.1) is 5.90 Å². The summed E-state index contributed by atoms with van der Waals surface area (Å²) < 4.78 is 3.61. The summed E-state index contributed by atoms with van der Waals surface area (Å²) in [7, 11) is 0. The second-order valence-electron chi connectivity index (χ2n) is 0.481. The van der Waals surface area contributed by atoms with E-state index >= 15 is 0 Å². The molecule has 2 radical (unpaired) electrons. The molecule has 0 saturated carbocycles. The molecular weight excluding hydrogens is 86.1 g/mol. The van der Waals surface area contributed by atoms with Crippen molar-refractivity contribution < 1.29 is 4.28 Å². The van der Waals surface area contributed by atoms with E-state index in [-0.39, 0.29) is 0 Å². The molecule has 0 rings (SSSR count). The molecule has 0 aromatic rings. The third-order valence-electron chi connectivity index (χ3n) is 0.171. The van der Waals surface area contributed by atoms with E-state index in [4.69, 9.17) is 5.90 Å². The average molecular weight is 91.1 g/mol. The molecule has 0 amide bonds. The molecule has 0 heterocycles. The van der Waals surface area contributed by atoms with Crippen molar-refractivity contribution in [2.75, 3.05) is 5.75 Å². The molecule has 0 aliphatic heterocycles. The van der Waals surface area contributed by atoms with E-state index in [1.54, 1.807) is 0 Å². The predicted molar refractivity (Wildman–Crippen MR) is 21.4 cm³/mol. The monoisotopic (exact) mass is 91.0 g/mol. The molecule has 0 bridgehead atoms. The Bertz CT molecular complexity index is 17.1. The molecule has 0 saturated heterocycles. The highest BCUT2D eigenvalue weighted by molar-refractivity contribution is 7.94. The second kappa shape index (κ2) is 4.27. The standard InChI is InChI=1S/C2H5NOS/c1-2-5-4-3/h2H2,1H3. The molecule has 0 aromatic heterocycles. The Hall–Kier alpha value is 0.270. The first kappa shape index (κ1) is 5.27. The Labute approximate surface area is 35.8 Å². The van der Waals surface area contributed by atoms with Gasteiger partial charge in [-0.05, 0) is 0 Å². The van der Waals surface area contributed by atoms with Gasteiger partial charge in [-0.1, -0.05) is 6.92 Å². The van der Waals surface area contributed by atoms with Gasteiger partial charge in [0.2, 0.25) is 0 Å². The summed E-state index contributed by atoms with van der Waals surface area (Å²) in [6.07, 6.45) is 0. The molecule has 0 atom stereocenters. The largest absolute Gasteiger partial charge is 0.191 e. The first-order chi connectivity index (χ1) is 2.41. The van der Waals surface area contributed by atoms with E-state index in [9.17, 15) is 0 Å². The maximum Gasteiger partial charge on any atom is 0.0543 e. The summed E-state index contributed by atoms with van der Waals surface area (Å²) in [6.45, 7) is 1.89. The predicted octanol–water partition coefficient (Wildman–Crippen LogP) is 0.655. The molecule has 2 nitrogen and oxygen atoms in total. The van der Waals surface area contributed by atoms with Crippen molar-refractivity contribution in [3.8, 4) is 0 Å². The summed E-state index contributed by atoms with van der Waals surface area (Å²) >= 11 is 1.02. The molecule has 0 aromatic carbocycles. The SMILES string of the molecule is CCSO[N]. The lowest BCUT2D eigenvalue weighted by Gasteiger charge is -1.77. The number of nitrogens with zero attached hydrogens (tertiary/aromatic N) is 1. The van der Waals surface area contributed by atoms with E-state index in [0.717, 1.165) is 17.8 Å².